The van der Waals surface area contributed by atoms with E-state index >= 15 is 0 Å². The van der Waals surface area contributed by atoms with Crippen LogP contribution < -0.4 is 5.32 Å². The maximum Gasteiger partial charge on any atom is 0.416 e. The van der Waals surface area contributed by atoms with Gasteiger partial charge in [0.05, 0.1) is 23.9 Å². The first-order chi connectivity index (χ1) is 10.7. The van der Waals surface area contributed by atoms with Gasteiger partial charge in [-0.1, -0.05) is 12.1 Å². The van der Waals surface area contributed by atoms with Crippen molar-refractivity contribution in [3.05, 3.63) is 53.3 Å². The Labute approximate surface area is 132 Å². The summed E-state index contributed by atoms with van der Waals surface area (Å²) < 4.78 is 40.0. The first-order valence-corrected chi connectivity index (χ1v) is 7.28. The van der Waals surface area contributed by atoms with E-state index in [1.165, 1.54) is 19.1 Å². The summed E-state index contributed by atoms with van der Waals surface area (Å²) in [5.74, 6) is 0. The van der Waals surface area contributed by atoms with Crippen LogP contribution in [-0.2, 0) is 18.3 Å². The summed E-state index contributed by atoms with van der Waals surface area (Å²) in [6.45, 7) is 4.75. The number of nitrogens with one attached hydrogen (secondary N) is 1. The van der Waals surface area contributed by atoms with Gasteiger partial charge in [-0.05, 0) is 37.1 Å². The first kappa shape index (κ1) is 17.5. The molecule has 0 amide bonds. The molecule has 0 bridgehead atoms. The van der Waals surface area contributed by atoms with Crippen molar-refractivity contribution in [1.82, 2.24) is 15.1 Å². The lowest BCUT2D eigenvalue weighted by Gasteiger charge is -2.25. The molecule has 1 unspecified atom stereocenters. The summed E-state index contributed by atoms with van der Waals surface area (Å²) in [6.07, 6.45) is -0.775. The van der Waals surface area contributed by atoms with Crippen LogP contribution in [-0.4, -0.2) is 28.0 Å². The van der Waals surface area contributed by atoms with E-state index in [0.717, 1.165) is 17.7 Å². The van der Waals surface area contributed by atoms with E-state index in [1.807, 2.05) is 13.1 Å². The largest absolute Gasteiger partial charge is 0.416 e. The van der Waals surface area contributed by atoms with E-state index in [4.69, 9.17) is 0 Å². The molecular weight excluding hydrogens is 307 g/mol. The van der Waals surface area contributed by atoms with Gasteiger partial charge in [-0.25, -0.2) is 0 Å². The number of halogens is 3. The summed E-state index contributed by atoms with van der Waals surface area (Å²) in [5.41, 5.74) is -0.862. The summed E-state index contributed by atoms with van der Waals surface area (Å²) >= 11 is 0. The number of aromatic nitrogens is 2. The predicted octanol–water partition coefficient (Wildman–Crippen LogP) is 2.71. The van der Waals surface area contributed by atoms with E-state index in [1.54, 1.807) is 10.9 Å². The molecule has 23 heavy (non-hydrogen) atoms. The smallest absolute Gasteiger partial charge is 0.384 e. The zero-order chi connectivity index (χ0) is 17.1. The molecule has 0 radical (unpaired) electrons. The summed E-state index contributed by atoms with van der Waals surface area (Å²) in [5, 5.41) is 17.6. The quantitative estimate of drug-likeness (QED) is 0.802. The fourth-order valence-corrected chi connectivity index (χ4v) is 2.25. The predicted molar refractivity (Wildman–Crippen MR) is 80.8 cm³/mol. The lowest BCUT2D eigenvalue weighted by Crippen LogP contribution is -2.37. The van der Waals surface area contributed by atoms with Gasteiger partial charge < -0.3 is 10.4 Å². The second-order valence-electron chi connectivity index (χ2n) is 5.81. The van der Waals surface area contributed by atoms with Gasteiger partial charge in [0.15, 0.2) is 0 Å². The first-order valence-electron chi connectivity index (χ1n) is 7.28. The summed E-state index contributed by atoms with van der Waals surface area (Å²) in [6, 6.07) is 4.78. The number of nitrogens with zero attached hydrogens (tertiary/aromatic N) is 2. The Hall–Kier alpha value is -1.86. The highest BCUT2D eigenvalue weighted by Gasteiger charge is 2.32. The molecule has 0 aliphatic rings. The summed E-state index contributed by atoms with van der Waals surface area (Å²) in [7, 11) is 0. The van der Waals surface area contributed by atoms with Crippen LogP contribution in [0.5, 0.6) is 0 Å². The number of aryl methyl sites for hydroxylation is 1. The van der Waals surface area contributed by atoms with Crippen molar-refractivity contribution >= 4 is 0 Å². The molecule has 0 aliphatic heterocycles. The minimum Gasteiger partial charge on any atom is -0.384 e. The standard InChI is InChI=1S/C16H20F3N3O/c1-12-9-21-22(10-12)7-6-20-11-15(2,23)13-4-3-5-14(8-13)16(17,18)19/h3-5,8-10,20,23H,6-7,11H2,1-2H3. The van der Waals surface area contributed by atoms with Crippen LogP contribution in [0.2, 0.25) is 0 Å². The normalized spacial score (nSPS) is 14.7. The molecule has 1 atom stereocenters. The van der Waals surface area contributed by atoms with Gasteiger partial charge in [0.25, 0.3) is 0 Å². The Morgan fingerprint density at radius 1 is 1.26 bits per heavy atom. The molecule has 0 saturated heterocycles. The van der Waals surface area contributed by atoms with E-state index in [0.29, 0.717) is 13.1 Å². The average molecular weight is 327 g/mol. The second kappa shape index (κ2) is 6.72. The van der Waals surface area contributed by atoms with Gasteiger partial charge in [-0.15, -0.1) is 0 Å². The zero-order valence-electron chi connectivity index (χ0n) is 13.1. The van der Waals surface area contributed by atoms with E-state index in [9.17, 15) is 18.3 Å². The second-order valence-corrected chi connectivity index (χ2v) is 5.81. The SMILES string of the molecule is Cc1cnn(CCNCC(C)(O)c2cccc(C(F)(F)F)c2)c1. The Kier molecular flexibility index (Phi) is 5.11. The van der Waals surface area contributed by atoms with Gasteiger partial charge in [0.2, 0.25) is 0 Å². The van der Waals surface area contributed by atoms with E-state index in [-0.39, 0.29) is 12.1 Å². The maximum absolute atomic E-state index is 12.7. The maximum atomic E-state index is 12.7. The lowest BCUT2D eigenvalue weighted by molar-refractivity contribution is -0.137. The Morgan fingerprint density at radius 3 is 2.57 bits per heavy atom. The van der Waals surface area contributed by atoms with Gasteiger partial charge in [0.1, 0.15) is 0 Å². The third kappa shape index (κ3) is 4.80. The molecule has 2 N–H and O–H groups in total. The van der Waals surface area contributed by atoms with Crippen LogP contribution in [0.4, 0.5) is 13.2 Å². The molecule has 4 nitrogen and oxygen atoms in total. The fourth-order valence-electron chi connectivity index (χ4n) is 2.25. The third-order valence-electron chi connectivity index (χ3n) is 3.56. The van der Waals surface area contributed by atoms with Crippen LogP contribution in [0.3, 0.4) is 0 Å². The average Bonchev–Trinajstić information content (AvgIpc) is 2.88. The Morgan fingerprint density at radius 2 is 1.96 bits per heavy atom. The van der Waals surface area contributed by atoms with Crippen molar-refractivity contribution in [3.63, 3.8) is 0 Å². The van der Waals surface area contributed by atoms with Crippen molar-refractivity contribution in [2.24, 2.45) is 0 Å². The number of aliphatic hydroxyl groups is 1. The van der Waals surface area contributed by atoms with Crippen LogP contribution >= 0.6 is 0 Å². The highest BCUT2D eigenvalue weighted by Crippen LogP contribution is 2.31. The Balaban J connectivity index is 1.93. The molecule has 0 saturated carbocycles. The van der Waals surface area contributed by atoms with Gasteiger partial charge in [-0.2, -0.15) is 18.3 Å². The van der Waals surface area contributed by atoms with Gasteiger partial charge >= 0.3 is 6.18 Å². The zero-order valence-corrected chi connectivity index (χ0v) is 13.1. The van der Waals surface area contributed by atoms with Crippen molar-refractivity contribution in [2.75, 3.05) is 13.1 Å². The highest BCUT2D eigenvalue weighted by molar-refractivity contribution is 5.29. The molecule has 2 aromatic rings. The van der Waals surface area contributed by atoms with Crippen molar-refractivity contribution in [2.45, 2.75) is 32.2 Å². The van der Waals surface area contributed by atoms with Crippen molar-refractivity contribution < 1.29 is 18.3 Å². The molecule has 0 fully saturated rings. The lowest BCUT2D eigenvalue weighted by atomic mass is 9.94. The summed E-state index contributed by atoms with van der Waals surface area (Å²) in [4.78, 5) is 0. The van der Waals surface area contributed by atoms with Gasteiger partial charge in [-0.3, -0.25) is 4.68 Å². The topological polar surface area (TPSA) is 50.1 Å². The fraction of sp³-hybridized carbons (Fsp3) is 0.438. The highest BCUT2D eigenvalue weighted by atomic mass is 19.4. The molecule has 0 aliphatic carbocycles. The number of alkyl halides is 3. The Bertz CT molecular complexity index is 650. The van der Waals surface area contributed by atoms with E-state index < -0.39 is 17.3 Å². The number of hydrogen-bond donors (Lipinski definition) is 2. The molecule has 2 rings (SSSR count). The van der Waals surface area contributed by atoms with Crippen LogP contribution in [0.15, 0.2) is 36.7 Å². The monoisotopic (exact) mass is 327 g/mol. The molecule has 126 valence electrons. The van der Waals surface area contributed by atoms with E-state index in [2.05, 4.69) is 10.4 Å². The number of rotatable bonds is 6. The van der Waals surface area contributed by atoms with Crippen molar-refractivity contribution in [3.8, 4) is 0 Å². The van der Waals surface area contributed by atoms with Crippen LogP contribution in [0.25, 0.3) is 0 Å². The molecule has 1 aromatic heterocycles. The molecule has 1 aromatic carbocycles. The van der Waals surface area contributed by atoms with Crippen LogP contribution in [0.1, 0.15) is 23.6 Å². The van der Waals surface area contributed by atoms with Crippen molar-refractivity contribution in [1.29, 1.82) is 0 Å². The molecule has 0 spiro atoms. The van der Waals surface area contributed by atoms with Gasteiger partial charge in [0, 0.05) is 19.3 Å². The number of hydrogen-bond acceptors (Lipinski definition) is 3. The molecule has 1 heterocycles. The minimum absolute atomic E-state index is 0.147. The van der Waals surface area contributed by atoms with Crippen LogP contribution in [0, 0.1) is 6.92 Å². The molecule has 7 heteroatoms. The third-order valence-corrected chi connectivity index (χ3v) is 3.56. The molecular formula is C16H20F3N3O. The number of benzene rings is 1. The minimum atomic E-state index is -4.42.